The zero-order chi connectivity index (χ0) is 11.7. The summed E-state index contributed by atoms with van der Waals surface area (Å²) in [4.78, 5) is 22.9. The number of nitrogens with one attached hydrogen (secondary N) is 2. The molecule has 0 saturated heterocycles. The van der Waals surface area contributed by atoms with E-state index in [1.54, 1.807) is 0 Å². The van der Waals surface area contributed by atoms with Gasteiger partial charge in [-0.15, -0.1) is 4.91 Å². The van der Waals surface area contributed by atoms with Gasteiger partial charge < -0.3 is 4.98 Å². The van der Waals surface area contributed by atoms with E-state index >= 15 is 0 Å². The quantitative estimate of drug-likeness (QED) is 0.417. The second kappa shape index (κ2) is 3.59. The maximum atomic E-state index is 10.5. The van der Waals surface area contributed by atoms with Crippen molar-refractivity contribution in [3.8, 4) is 0 Å². The number of aromatic amines is 1. The molecule has 1 aromatic carbocycles. The van der Waals surface area contributed by atoms with Crippen LogP contribution in [-0.2, 0) is 0 Å². The summed E-state index contributed by atoms with van der Waals surface area (Å²) in [7, 11) is 0. The van der Waals surface area contributed by atoms with Crippen molar-refractivity contribution in [2.24, 2.45) is 5.18 Å². The summed E-state index contributed by atoms with van der Waals surface area (Å²) in [6, 6.07) is 3.90. The lowest BCUT2D eigenvalue weighted by molar-refractivity contribution is -0.384. The molecule has 3 N–H and O–H groups in total. The lowest BCUT2D eigenvalue weighted by Crippen LogP contribution is -1.89. The summed E-state index contributed by atoms with van der Waals surface area (Å²) in [5, 5.41) is 22.7. The molecule has 0 fully saturated rings. The number of anilines is 1. The highest BCUT2D eigenvalue weighted by Gasteiger charge is 2.14. The third-order valence-corrected chi connectivity index (χ3v) is 2.18. The second-order valence-corrected chi connectivity index (χ2v) is 3.04. The molecular weight excluding hydrogens is 216 g/mol. The summed E-state index contributed by atoms with van der Waals surface area (Å²) in [6.07, 6.45) is 0. The Labute approximate surface area is 88.0 Å². The van der Waals surface area contributed by atoms with E-state index in [4.69, 9.17) is 5.21 Å². The van der Waals surface area contributed by atoms with Crippen molar-refractivity contribution in [3.63, 3.8) is 0 Å². The van der Waals surface area contributed by atoms with Crippen molar-refractivity contribution < 1.29 is 10.1 Å². The maximum Gasteiger partial charge on any atom is 0.270 e. The van der Waals surface area contributed by atoms with Gasteiger partial charge in [0.05, 0.1) is 4.92 Å². The predicted octanol–water partition coefficient (Wildman–Crippen LogP) is 2.28. The minimum absolute atomic E-state index is 0.0738. The third-order valence-electron chi connectivity index (χ3n) is 2.18. The second-order valence-electron chi connectivity index (χ2n) is 3.04. The molecule has 0 spiro atoms. The number of nitro groups is 1. The minimum atomic E-state index is -0.576. The summed E-state index contributed by atoms with van der Waals surface area (Å²) in [5.41, 5.74) is 1.70. The van der Waals surface area contributed by atoms with Crippen LogP contribution < -0.4 is 5.48 Å². The Morgan fingerprint density at radius 1 is 1.44 bits per heavy atom. The molecule has 2 aromatic rings. The number of nitrogens with zero attached hydrogens (tertiary/aromatic N) is 2. The molecule has 8 heteroatoms. The zero-order valence-electron chi connectivity index (χ0n) is 7.80. The van der Waals surface area contributed by atoms with Crippen LogP contribution in [0.1, 0.15) is 0 Å². The first-order valence-corrected chi connectivity index (χ1v) is 4.21. The van der Waals surface area contributed by atoms with Crippen molar-refractivity contribution in [1.29, 1.82) is 0 Å². The number of fused-ring (bicyclic) bond motifs is 1. The fourth-order valence-corrected chi connectivity index (χ4v) is 1.47. The van der Waals surface area contributed by atoms with Gasteiger partial charge in [0.1, 0.15) is 5.82 Å². The number of nitro benzene ring substituents is 1. The van der Waals surface area contributed by atoms with Gasteiger partial charge in [0.15, 0.2) is 5.82 Å². The highest BCUT2D eigenvalue weighted by atomic mass is 16.6. The largest absolute Gasteiger partial charge is 0.321 e. The van der Waals surface area contributed by atoms with Crippen LogP contribution in [0.25, 0.3) is 10.8 Å². The molecule has 0 amide bonds. The average Bonchev–Trinajstić information content (AvgIpc) is 2.65. The minimum Gasteiger partial charge on any atom is -0.321 e. The predicted molar refractivity (Wildman–Crippen MR) is 55.8 cm³/mol. The molecule has 0 aliphatic carbocycles. The smallest absolute Gasteiger partial charge is 0.270 e. The molecule has 0 aliphatic heterocycles. The van der Waals surface area contributed by atoms with Gasteiger partial charge in [-0.2, -0.15) is 0 Å². The molecule has 0 radical (unpaired) electrons. The fourth-order valence-electron chi connectivity index (χ4n) is 1.47. The maximum absolute atomic E-state index is 10.5. The summed E-state index contributed by atoms with van der Waals surface area (Å²) >= 11 is 0. The highest BCUT2D eigenvalue weighted by molar-refractivity contribution is 6.01. The van der Waals surface area contributed by atoms with Crippen molar-refractivity contribution in [2.45, 2.75) is 0 Å². The number of H-pyrrole nitrogens is 1. The van der Waals surface area contributed by atoms with Gasteiger partial charge in [-0.1, -0.05) is 0 Å². The zero-order valence-corrected chi connectivity index (χ0v) is 7.80. The number of aromatic nitrogens is 1. The van der Waals surface area contributed by atoms with Crippen LogP contribution in [0.15, 0.2) is 23.4 Å². The number of hydrogen-bond donors (Lipinski definition) is 3. The Bertz CT molecular complexity index is 577. The number of benzene rings is 1. The molecule has 1 heterocycles. The number of non-ortho nitro benzene ring substituents is 1. The van der Waals surface area contributed by atoms with Gasteiger partial charge in [0.25, 0.3) is 5.69 Å². The molecule has 2 rings (SSSR count). The van der Waals surface area contributed by atoms with Crippen LogP contribution in [-0.4, -0.2) is 15.1 Å². The first-order chi connectivity index (χ1) is 7.67. The molecule has 0 aliphatic rings. The van der Waals surface area contributed by atoms with E-state index in [0.29, 0.717) is 5.39 Å². The Balaban J connectivity index is 2.76. The Kier molecular flexibility index (Phi) is 2.25. The number of hydrogen-bond acceptors (Lipinski definition) is 6. The van der Waals surface area contributed by atoms with Gasteiger partial charge in [0.2, 0.25) is 0 Å². The van der Waals surface area contributed by atoms with E-state index in [0.717, 1.165) is 0 Å². The molecule has 0 atom stereocenters. The van der Waals surface area contributed by atoms with E-state index in [2.05, 4.69) is 10.2 Å². The van der Waals surface area contributed by atoms with E-state index in [1.165, 1.54) is 18.2 Å². The van der Waals surface area contributed by atoms with Crippen molar-refractivity contribution >= 4 is 28.1 Å². The van der Waals surface area contributed by atoms with E-state index < -0.39 is 4.92 Å². The number of rotatable bonds is 3. The SMILES string of the molecule is O=Nc1[nH]c(NO)c2ccc([N+](=O)[O-])cc12. The molecule has 0 unspecified atom stereocenters. The average molecular weight is 222 g/mol. The molecule has 16 heavy (non-hydrogen) atoms. The van der Waals surface area contributed by atoms with Gasteiger partial charge in [-0.3, -0.25) is 20.8 Å². The molecule has 8 nitrogen and oxygen atoms in total. The van der Waals surface area contributed by atoms with Gasteiger partial charge >= 0.3 is 0 Å². The van der Waals surface area contributed by atoms with Crippen molar-refractivity contribution in [3.05, 3.63) is 33.2 Å². The lowest BCUT2D eigenvalue weighted by atomic mass is 10.2. The van der Waals surface area contributed by atoms with Gasteiger partial charge in [-0.25, -0.2) is 0 Å². The molecular formula is C8H6N4O4. The third kappa shape index (κ3) is 1.37. The topological polar surface area (TPSA) is 121 Å². The van der Waals surface area contributed by atoms with E-state index in [9.17, 15) is 15.0 Å². The number of nitroso groups, excluding NO2 is 1. The first-order valence-electron chi connectivity index (χ1n) is 4.21. The highest BCUT2D eigenvalue weighted by Crippen LogP contribution is 2.34. The van der Waals surface area contributed by atoms with Gasteiger partial charge in [-0.05, 0) is 11.2 Å². The van der Waals surface area contributed by atoms with Crippen LogP contribution in [0.3, 0.4) is 0 Å². The van der Waals surface area contributed by atoms with Crippen LogP contribution >= 0.6 is 0 Å². The Morgan fingerprint density at radius 3 is 2.75 bits per heavy atom. The molecule has 1 aromatic heterocycles. The standard InChI is InChI=1S/C8H6N4O4/c13-10-7-5-2-1-4(12(15)16)3-6(5)8(9-7)11-14/h1-3,9-10,13H. The summed E-state index contributed by atoms with van der Waals surface area (Å²) in [6.45, 7) is 0. The van der Waals surface area contributed by atoms with E-state index in [-0.39, 0.29) is 22.7 Å². The molecule has 82 valence electrons. The summed E-state index contributed by atoms with van der Waals surface area (Å²) in [5.74, 6) is 0.0924. The normalized spacial score (nSPS) is 10.3. The first kappa shape index (κ1) is 10.1. The van der Waals surface area contributed by atoms with Crippen LogP contribution in [0.2, 0.25) is 0 Å². The van der Waals surface area contributed by atoms with Crippen molar-refractivity contribution in [1.82, 2.24) is 4.98 Å². The molecule has 0 bridgehead atoms. The van der Waals surface area contributed by atoms with Crippen LogP contribution in [0.5, 0.6) is 0 Å². The molecule has 0 saturated carbocycles. The van der Waals surface area contributed by atoms with Crippen molar-refractivity contribution in [2.75, 3.05) is 5.48 Å². The van der Waals surface area contributed by atoms with E-state index in [1.807, 2.05) is 5.48 Å². The monoisotopic (exact) mass is 222 g/mol. The lowest BCUT2D eigenvalue weighted by Gasteiger charge is -1.94. The van der Waals surface area contributed by atoms with Crippen LogP contribution in [0, 0.1) is 15.0 Å². The van der Waals surface area contributed by atoms with Crippen LogP contribution in [0.4, 0.5) is 17.3 Å². The fraction of sp³-hybridized carbons (Fsp3) is 0. The van der Waals surface area contributed by atoms with Gasteiger partial charge in [0, 0.05) is 22.9 Å². The summed E-state index contributed by atoms with van der Waals surface area (Å²) < 4.78 is 0. The Morgan fingerprint density at radius 2 is 2.19 bits per heavy atom. The Hall–Kier alpha value is -2.48.